The fraction of sp³-hybridized carbons (Fsp3) is 0.222. The second kappa shape index (κ2) is 7.42. The molecular formula is C18H18BrNO3. The SMILES string of the molecule is CC(C)(C(=O)OCC(=O)Nc1cccc(Br)c1)c1ccccc1. The maximum absolute atomic E-state index is 12.3. The van der Waals surface area contributed by atoms with E-state index >= 15 is 0 Å². The molecule has 120 valence electrons. The lowest BCUT2D eigenvalue weighted by atomic mass is 9.85. The maximum Gasteiger partial charge on any atom is 0.316 e. The van der Waals surface area contributed by atoms with Gasteiger partial charge in [-0.15, -0.1) is 0 Å². The van der Waals surface area contributed by atoms with Gasteiger partial charge in [0.2, 0.25) is 0 Å². The molecule has 0 fully saturated rings. The molecule has 0 aromatic heterocycles. The van der Waals surface area contributed by atoms with E-state index in [1.807, 2.05) is 42.5 Å². The summed E-state index contributed by atoms with van der Waals surface area (Å²) in [5.74, 6) is -0.812. The number of carbonyl (C=O) groups is 2. The summed E-state index contributed by atoms with van der Waals surface area (Å²) < 4.78 is 6.02. The number of halogens is 1. The molecule has 23 heavy (non-hydrogen) atoms. The Morgan fingerprint density at radius 1 is 1.09 bits per heavy atom. The third kappa shape index (κ3) is 4.66. The van der Waals surface area contributed by atoms with Gasteiger partial charge in [-0.05, 0) is 37.6 Å². The number of nitrogens with one attached hydrogen (secondary N) is 1. The summed E-state index contributed by atoms with van der Waals surface area (Å²) in [4.78, 5) is 24.2. The van der Waals surface area contributed by atoms with Gasteiger partial charge in [-0.2, -0.15) is 0 Å². The Morgan fingerprint density at radius 2 is 1.78 bits per heavy atom. The molecule has 5 heteroatoms. The van der Waals surface area contributed by atoms with Crippen molar-refractivity contribution in [1.29, 1.82) is 0 Å². The molecular weight excluding hydrogens is 358 g/mol. The van der Waals surface area contributed by atoms with Crippen LogP contribution >= 0.6 is 15.9 Å². The molecule has 1 amide bonds. The van der Waals surface area contributed by atoms with E-state index in [0.717, 1.165) is 10.0 Å². The summed E-state index contributed by atoms with van der Waals surface area (Å²) in [7, 11) is 0. The van der Waals surface area contributed by atoms with Crippen LogP contribution in [0, 0.1) is 0 Å². The first-order valence-electron chi connectivity index (χ1n) is 7.18. The summed E-state index contributed by atoms with van der Waals surface area (Å²) >= 11 is 3.33. The van der Waals surface area contributed by atoms with Gasteiger partial charge in [-0.1, -0.05) is 52.3 Å². The molecule has 0 saturated carbocycles. The monoisotopic (exact) mass is 375 g/mol. The third-order valence-corrected chi connectivity index (χ3v) is 3.94. The van der Waals surface area contributed by atoms with Gasteiger partial charge in [0.05, 0.1) is 5.41 Å². The number of ether oxygens (including phenoxy) is 1. The molecule has 2 aromatic rings. The van der Waals surface area contributed by atoms with E-state index in [9.17, 15) is 9.59 Å². The number of anilines is 1. The number of esters is 1. The second-order valence-corrected chi connectivity index (χ2v) is 6.54. The van der Waals surface area contributed by atoms with Gasteiger partial charge in [0.15, 0.2) is 6.61 Å². The molecule has 0 unspecified atom stereocenters. The Labute approximate surface area is 144 Å². The lowest BCUT2D eigenvalue weighted by Gasteiger charge is -2.22. The highest BCUT2D eigenvalue weighted by Crippen LogP contribution is 2.24. The van der Waals surface area contributed by atoms with Gasteiger partial charge in [-0.3, -0.25) is 9.59 Å². The summed E-state index contributed by atoms with van der Waals surface area (Å²) in [6, 6.07) is 16.5. The largest absolute Gasteiger partial charge is 0.455 e. The van der Waals surface area contributed by atoms with Gasteiger partial charge in [-0.25, -0.2) is 0 Å². The van der Waals surface area contributed by atoms with Gasteiger partial charge in [0, 0.05) is 10.2 Å². The summed E-state index contributed by atoms with van der Waals surface area (Å²) in [6.07, 6.45) is 0. The zero-order valence-electron chi connectivity index (χ0n) is 13.0. The fourth-order valence-electron chi connectivity index (χ4n) is 2.05. The molecule has 2 aromatic carbocycles. The van der Waals surface area contributed by atoms with Crippen molar-refractivity contribution in [1.82, 2.24) is 0 Å². The molecule has 0 radical (unpaired) electrons. The molecule has 0 bridgehead atoms. The van der Waals surface area contributed by atoms with E-state index in [2.05, 4.69) is 21.2 Å². The molecule has 0 saturated heterocycles. The smallest absolute Gasteiger partial charge is 0.316 e. The molecule has 1 N–H and O–H groups in total. The summed E-state index contributed by atoms with van der Waals surface area (Å²) in [5, 5.41) is 2.68. The third-order valence-electron chi connectivity index (χ3n) is 3.45. The molecule has 0 atom stereocenters. The standard InChI is InChI=1S/C18H18BrNO3/c1-18(2,13-7-4-3-5-8-13)17(22)23-12-16(21)20-15-10-6-9-14(19)11-15/h3-11H,12H2,1-2H3,(H,20,21). The van der Waals surface area contributed by atoms with E-state index in [-0.39, 0.29) is 12.5 Å². The highest BCUT2D eigenvalue weighted by molar-refractivity contribution is 9.10. The number of rotatable bonds is 5. The van der Waals surface area contributed by atoms with Crippen molar-refractivity contribution in [3.05, 3.63) is 64.6 Å². The molecule has 2 rings (SSSR count). The van der Waals surface area contributed by atoms with Crippen LogP contribution in [0.3, 0.4) is 0 Å². The molecule has 0 aliphatic carbocycles. The van der Waals surface area contributed by atoms with Crippen molar-refractivity contribution >= 4 is 33.5 Å². The highest BCUT2D eigenvalue weighted by atomic mass is 79.9. The highest BCUT2D eigenvalue weighted by Gasteiger charge is 2.31. The topological polar surface area (TPSA) is 55.4 Å². The minimum absolute atomic E-state index is 0.318. The zero-order valence-corrected chi connectivity index (χ0v) is 14.6. The minimum Gasteiger partial charge on any atom is -0.455 e. The number of benzene rings is 2. The van der Waals surface area contributed by atoms with Crippen LogP contribution in [-0.2, 0) is 19.7 Å². The van der Waals surface area contributed by atoms with Crippen LogP contribution in [0.1, 0.15) is 19.4 Å². The van der Waals surface area contributed by atoms with Crippen LogP contribution in [0.4, 0.5) is 5.69 Å². The molecule has 0 heterocycles. The first-order valence-corrected chi connectivity index (χ1v) is 7.97. The average molecular weight is 376 g/mol. The Bertz CT molecular complexity index is 698. The number of hydrogen-bond acceptors (Lipinski definition) is 3. The average Bonchev–Trinajstić information content (AvgIpc) is 2.53. The second-order valence-electron chi connectivity index (χ2n) is 5.63. The van der Waals surface area contributed by atoms with Crippen LogP contribution < -0.4 is 5.32 Å². The van der Waals surface area contributed by atoms with Crippen LogP contribution in [-0.4, -0.2) is 18.5 Å². The first-order chi connectivity index (χ1) is 10.9. The van der Waals surface area contributed by atoms with Gasteiger partial charge >= 0.3 is 5.97 Å². The van der Waals surface area contributed by atoms with E-state index in [1.54, 1.807) is 26.0 Å². The van der Waals surface area contributed by atoms with Crippen molar-refractivity contribution in [2.75, 3.05) is 11.9 Å². The molecule has 4 nitrogen and oxygen atoms in total. The number of amides is 1. The molecule has 0 aliphatic heterocycles. The van der Waals surface area contributed by atoms with Crippen LogP contribution in [0.15, 0.2) is 59.1 Å². The Balaban J connectivity index is 1.92. The lowest BCUT2D eigenvalue weighted by Crippen LogP contribution is -2.33. The quantitative estimate of drug-likeness (QED) is 0.806. The van der Waals surface area contributed by atoms with Gasteiger partial charge < -0.3 is 10.1 Å². The summed E-state index contributed by atoms with van der Waals surface area (Å²) in [5.41, 5.74) is 0.678. The van der Waals surface area contributed by atoms with Crippen LogP contribution in [0.2, 0.25) is 0 Å². The van der Waals surface area contributed by atoms with E-state index in [4.69, 9.17) is 4.74 Å². The van der Waals surface area contributed by atoms with Crippen molar-refractivity contribution in [3.8, 4) is 0 Å². The predicted octanol–water partition coefficient (Wildman–Crippen LogP) is 3.91. The van der Waals surface area contributed by atoms with E-state index in [0.29, 0.717) is 5.69 Å². The van der Waals surface area contributed by atoms with E-state index in [1.165, 1.54) is 0 Å². The fourth-order valence-corrected chi connectivity index (χ4v) is 2.45. The van der Waals surface area contributed by atoms with Crippen molar-refractivity contribution in [2.45, 2.75) is 19.3 Å². The zero-order chi connectivity index (χ0) is 16.9. The molecule has 0 aliphatic rings. The van der Waals surface area contributed by atoms with E-state index < -0.39 is 11.4 Å². The normalized spacial score (nSPS) is 10.9. The Kier molecular flexibility index (Phi) is 5.55. The predicted molar refractivity (Wildman–Crippen MR) is 93.2 cm³/mol. The van der Waals surface area contributed by atoms with Crippen LogP contribution in [0.25, 0.3) is 0 Å². The molecule has 0 spiro atoms. The maximum atomic E-state index is 12.3. The van der Waals surface area contributed by atoms with Gasteiger partial charge in [0.25, 0.3) is 5.91 Å². The Hall–Kier alpha value is -2.14. The lowest BCUT2D eigenvalue weighted by molar-refractivity contribution is -0.152. The number of carbonyl (C=O) groups excluding carboxylic acids is 2. The summed E-state index contributed by atoms with van der Waals surface area (Å²) in [6.45, 7) is 3.23. The minimum atomic E-state index is -0.808. The van der Waals surface area contributed by atoms with Crippen LogP contribution in [0.5, 0.6) is 0 Å². The number of hydrogen-bond donors (Lipinski definition) is 1. The van der Waals surface area contributed by atoms with Gasteiger partial charge in [0.1, 0.15) is 0 Å². The Morgan fingerprint density at radius 3 is 2.43 bits per heavy atom. The van der Waals surface area contributed by atoms with Crippen molar-refractivity contribution in [3.63, 3.8) is 0 Å². The first kappa shape index (κ1) is 17.2. The van der Waals surface area contributed by atoms with Crippen molar-refractivity contribution in [2.24, 2.45) is 0 Å². The van der Waals surface area contributed by atoms with Crippen molar-refractivity contribution < 1.29 is 14.3 Å².